The summed E-state index contributed by atoms with van der Waals surface area (Å²) in [5, 5.41) is 5.21. The van der Waals surface area contributed by atoms with E-state index < -0.39 is 0 Å². The van der Waals surface area contributed by atoms with Gasteiger partial charge < -0.3 is 10.1 Å². The lowest BCUT2D eigenvalue weighted by molar-refractivity contribution is -0.122. The Morgan fingerprint density at radius 1 is 1.12 bits per heavy atom. The zero-order valence-electron chi connectivity index (χ0n) is 21.4. The van der Waals surface area contributed by atoms with Gasteiger partial charge in [-0.1, -0.05) is 53.9 Å². The number of carbonyl (C=O) groups excluding carboxylic acids is 3. The van der Waals surface area contributed by atoms with E-state index >= 15 is 0 Å². The SMILES string of the molecule is CCOc1ccc(NC(=O)CSc2nc3ccccc3n2C(=O)CCN2C(=O)C(=Cc3cccs3)SC2=S)cc1. The number of hydrogen-bond acceptors (Lipinski definition) is 9. The van der Waals surface area contributed by atoms with Gasteiger partial charge in [-0.15, -0.1) is 11.3 Å². The number of thioether (sulfide) groups is 2. The molecule has 0 aliphatic carbocycles. The molecule has 1 fully saturated rings. The van der Waals surface area contributed by atoms with Crippen LogP contribution in [0.25, 0.3) is 17.1 Å². The second-order valence-electron chi connectivity index (χ2n) is 8.51. The molecular formula is C28H24N4O4S4. The minimum Gasteiger partial charge on any atom is -0.494 e. The third kappa shape index (κ3) is 6.47. The molecule has 2 aromatic heterocycles. The van der Waals surface area contributed by atoms with Crippen molar-refractivity contribution in [2.45, 2.75) is 18.5 Å². The smallest absolute Gasteiger partial charge is 0.266 e. The molecule has 1 saturated heterocycles. The number of benzene rings is 2. The molecule has 4 aromatic rings. The Hall–Kier alpha value is -3.45. The maximum Gasteiger partial charge on any atom is 0.266 e. The molecule has 12 heteroatoms. The molecule has 1 N–H and O–H groups in total. The molecule has 0 saturated carbocycles. The average Bonchev–Trinajstić information content (AvgIpc) is 3.66. The lowest BCUT2D eigenvalue weighted by atomic mass is 10.3. The van der Waals surface area contributed by atoms with Gasteiger partial charge >= 0.3 is 0 Å². The van der Waals surface area contributed by atoms with Gasteiger partial charge in [0.05, 0.1) is 28.3 Å². The number of nitrogens with zero attached hydrogens (tertiary/aromatic N) is 3. The highest BCUT2D eigenvalue weighted by Gasteiger charge is 2.32. The number of nitrogens with one attached hydrogen (secondary N) is 1. The molecule has 1 aliphatic heterocycles. The molecule has 0 bridgehead atoms. The van der Waals surface area contributed by atoms with E-state index in [-0.39, 0.29) is 36.4 Å². The summed E-state index contributed by atoms with van der Waals surface area (Å²) in [6, 6.07) is 18.3. The topological polar surface area (TPSA) is 93.5 Å². The van der Waals surface area contributed by atoms with E-state index in [0.717, 1.165) is 10.6 Å². The maximum absolute atomic E-state index is 13.5. The molecule has 3 heterocycles. The lowest BCUT2D eigenvalue weighted by Gasteiger charge is -2.14. The number of imidazole rings is 1. The van der Waals surface area contributed by atoms with Gasteiger partial charge in [-0.25, -0.2) is 4.98 Å². The van der Waals surface area contributed by atoms with Crippen molar-refractivity contribution in [3.8, 4) is 5.75 Å². The van der Waals surface area contributed by atoms with Crippen LogP contribution in [0.5, 0.6) is 5.75 Å². The fourth-order valence-electron chi connectivity index (χ4n) is 3.98. The van der Waals surface area contributed by atoms with Crippen molar-refractivity contribution >= 4 is 91.9 Å². The molecule has 40 heavy (non-hydrogen) atoms. The van der Waals surface area contributed by atoms with E-state index in [2.05, 4.69) is 10.3 Å². The standard InChI is InChI=1S/C28H24N4O4S4/c1-2-36-19-11-9-18(10-12-19)29-24(33)17-39-27-30-21-7-3-4-8-22(21)32(27)25(34)13-14-31-26(35)23(40-28(31)37)16-20-6-5-15-38-20/h3-12,15-16H,2,13-14,17H2,1H3,(H,29,33). The highest BCUT2D eigenvalue weighted by atomic mass is 32.2. The number of anilines is 1. The fraction of sp³-hybridized carbons (Fsp3) is 0.179. The number of amides is 2. The predicted octanol–water partition coefficient (Wildman–Crippen LogP) is 6.16. The summed E-state index contributed by atoms with van der Waals surface area (Å²) >= 11 is 9.39. The molecule has 2 amide bonds. The van der Waals surface area contributed by atoms with Gasteiger partial charge in [-0.2, -0.15) is 0 Å². The monoisotopic (exact) mass is 608 g/mol. The fourth-order valence-corrected chi connectivity index (χ4v) is 6.84. The van der Waals surface area contributed by atoms with Gasteiger partial charge in [0.25, 0.3) is 5.91 Å². The first-order valence-electron chi connectivity index (χ1n) is 12.4. The predicted molar refractivity (Wildman–Crippen MR) is 166 cm³/mol. The Labute approximate surface area is 248 Å². The first-order chi connectivity index (χ1) is 19.4. The minimum atomic E-state index is -0.237. The first-order valence-corrected chi connectivity index (χ1v) is 15.5. The van der Waals surface area contributed by atoms with Crippen LogP contribution >= 0.6 is 47.1 Å². The van der Waals surface area contributed by atoms with E-state index in [1.54, 1.807) is 24.3 Å². The number of aromatic nitrogens is 2. The number of fused-ring (bicyclic) bond motifs is 1. The van der Waals surface area contributed by atoms with Crippen LogP contribution in [0.3, 0.4) is 0 Å². The van der Waals surface area contributed by atoms with Crippen molar-refractivity contribution in [3.05, 3.63) is 75.8 Å². The van der Waals surface area contributed by atoms with Gasteiger partial charge in [-0.05, 0) is 60.8 Å². The van der Waals surface area contributed by atoms with Crippen LogP contribution in [0.4, 0.5) is 5.69 Å². The van der Waals surface area contributed by atoms with E-state index in [1.165, 1.54) is 44.3 Å². The highest BCUT2D eigenvalue weighted by Crippen LogP contribution is 2.33. The molecule has 204 valence electrons. The number of rotatable bonds is 10. The second-order valence-corrected chi connectivity index (χ2v) is 12.1. The molecule has 2 aromatic carbocycles. The molecular weight excluding hydrogens is 585 g/mol. The van der Waals surface area contributed by atoms with E-state index in [1.807, 2.05) is 54.8 Å². The van der Waals surface area contributed by atoms with Crippen molar-refractivity contribution in [2.75, 3.05) is 24.2 Å². The van der Waals surface area contributed by atoms with Crippen LogP contribution in [0.2, 0.25) is 0 Å². The number of thiophene rings is 1. The third-order valence-corrected chi connectivity index (χ3v) is 8.94. The molecule has 0 spiro atoms. The number of para-hydroxylation sites is 2. The quantitative estimate of drug-likeness (QED) is 0.130. The summed E-state index contributed by atoms with van der Waals surface area (Å²) in [6.07, 6.45) is 1.87. The number of ether oxygens (including phenoxy) is 1. The summed E-state index contributed by atoms with van der Waals surface area (Å²) in [5.41, 5.74) is 1.94. The van der Waals surface area contributed by atoms with Gasteiger partial charge in [-0.3, -0.25) is 23.9 Å². The van der Waals surface area contributed by atoms with Crippen LogP contribution in [0.15, 0.2) is 76.1 Å². The van der Waals surface area contributed by atoms with Gasteiger partial charge in [0.15, 0.2) is 5.16 Å². The van der Waals surface area contributed by atoms with E-state index in [0.29, 0.717) is 37.7 Å². The third-order valence-electron chi connectivity index (χ3n) is 5.80. The van der Waals surface area contributed by atoms with Crippen LogP contribution in [-0.4, -0.2) is 55.4 Å². The number of thiocarbonyl (C=S) groups is 1. The second kappa shape index (κ2) is 12.8. The van der Waals surface area contributed by atoms with Gasteiger partial charge in [0.2, 0.25) is 11.8 Å². The van der Waals surface area contributed by atoms with Gasteiger partial charge in [0.1, 0.15) is 10.1 Å². The molecule has 0 atom stereocenters. The number of hydrogen-bond donors (Lipinski definition) is 1. The van der Waals surface area contributed by atoms with Crippen molar-refractivity contribution in [1.29, 1.82) is 0 Å². The van der Waals surface area contributed by atoms with Crippen molar-refractivity contribution < 1.29 is 19.1 Å². The molecule has 5 rings (SSSR count). The van der Waals surface area contributed by atoms with Crippen molar-refractivity contribution in [3.63, 3.8) is 0 Å². The summed E-state index contributed by atoms with van der Waals surface area (Å²) in [4.78, 5) is 46.7. The lowest BCUT2D eigenvalue weighted by Crippen LogP contribution is -2.31. The molecule has 1 aliphatic rings. The first kappa shape index (κ1) is 28.1. The summed E-state index contributed by atoms with van der Waals surface area (Å²) in [6.45, 7) is 2.63. The Morgan fingerprint density at radius 2 is 1.93 bits per heavy atom. The van der Waals surface area contributed by atoms with Crippen LogP contribution < -0.4 is 10.1 Å². The Bertz CT molecular complexity index is 1600. The Morgan fingerprint density at radius 3 is 2.67 bits per heavy atom. The zero-order valence-corrected chi connectivity index (χ0v) is 24.6. The zero-order chi connectivity index (χ0) is 28.1. The van der Waals surface area contributed by atoms with Crippen molar-refractivity contribution in [1.82, 2.24) is 14.5 Å². The summed E-state index contributed by atoms with van der Waals surface area (Å²) in [7, 11) is 0. The normalized spacial score (nSPS) is 14.3. The summed E-state index contributed by atoms with van der Waals surface area (Å²) in [5.74, 6) is 0.125. The highest BCUT2D eigenvalue weighted by molar-refractivity contribution is 8.26. The van der Waals surface area contributed by atoms with Crippen LogP contribution in [0.1, 0.15) is 23.0 Å². The average molecular weight is 609 g/mol. The molecule has 0 radical (unpaired) electrons. The maximum atomic E-state index is 13.5. The molecule has 0 unspecified atom stereocenters. The van der Waals surface area contributed by atoms with Crippen molar-refractivity contribution in [2.24, 2.45) is 0 Å². The van der Waals surface area contributed by atoms with E-state index in [4.69, 9.17) is 17.0 Å². The summed E-state index contributed by atoms with van der Waals surface area (Å²) < 4.78 is 7.38. The van der Waals surface area contributed by atoms with E-state index in [9.17, 15) is 14.4 Å². The number of carbonyl (C=O) groups is 3. The van der Waals surface area contributed by atoms with Gasteiger partial charge in [0, 0.05) is 23.5 Å². The van der Waals surface area contributed by atoms with Crippen LogP contribution in [-0.2, 0) is 9.59 Å². The largest absolute Gasteiger partial charge is 0.494 e. The van der Waals surface area contributed by atoms with Crippen LogP contribution in [0, 0.1) is 0 Å². The molecule has 8 nitrogen and oxygen atoms in total. The Kier molecular flexibility index (Phi) is 9.00. The Balaban J connectivity index is 1.25. The minimum absolute atomic E-state index is 0.0466.